The molecule has 1 unspecified atom stereocenters. The Morgan fingerprint density at radius 3 is 2.85 bits per heavy atom. The van der Waals surface area contributed by atoms with Gasteiger partial charge in [-0.25, -0.2) is 0 Å². The second kappa shape index (κ2) is 5.61. The van der Waals surface area contributed by atoms with Crippen LogP contribution in [0.1, 0.15) is 26.7 Å². The Morgan fingerprint density at radius 1 is 1.50 bits per heavy atom. The number of amides is 1. The van der Waals surface area contributed by atoms with Crippen LogP contribution in [-0.2, 0) is 4.79 Å². The molecule has 4 N–H and O–H groups in total. The SMILES string of the molecule is CCCOc1cc(N2CCC(C)(C(N)=O)C2)ccc1N. The maximum absolute atomic E-state index is 11.5. The Hall–Kier alpha value is -1.91. The van der Waals surface area contributed by atoms with Gasteiger partial charge in [-0.3, -0.25) is 4.79 Å². The largest absolute Gasteiger partial charge is 0.491 e. The van der Waals surface area contributed by atoms with E-state index in [2.05, 4.69) is 11.8 Å². The van der Waals surface area contributed by atoms with Gasteiger partial charge in [0.1, 0.15) is 5.75 Å². The van der Waals surface area contributed by atoms with Crippen LogP contribution in [0.15, 0.2) is 18.2 Å². The van der Waals surface area contributed by atoms with E-state index in [9.17, 15) is 4.79 Å². The molecule has 1 aliphatic rings. The minimum atomic E-state index is -0.453. The molecule has 1 aliphatic heterocycles. The van der Waals surface area contributed by atoms with E-state index in [0.29, 0.717) is 24.6 Å². The van der Waals surface area contributed by atoms with Crippen molar-refractivity contribution in [2.75, 3.05) is 30.3 Å². The average Bonchev–Trinajstić information content (AvgIpc) is 2.82. The number of rotatable bonds is 5. The third-order valence-electron chi connectivity index (χ3n) is 3.89. The summed E-state index contributed by atoms with van der Waals surface area (Å²) in [6.45, 7) is 6.07. The van der Waals surface area contributed by atoms with Gasteiger partial charge in [-0.2, -0.15) is 0 Å². The fourth-order valence-electron chi connectivity index (χ4n) is 2.44. The number of nitrogens with two attached hydrogens (primary N) is 2. The number of nitrogens with zero attached hydrogens (tertiary/aromatic N) is 1. The number of ether oxygens (including phenoxy) is 1. The fraction of sp³-hybridized carbons (Fsp3) is 0.533. The van der Waals surface area contributed by atoms with Crippen molar-refractivity contribution in [3.8, 4) is 5.75 Å². The smallest absolute Gasteiger partial charge is 0.225 e. The van der Waals surface area contributed by atoms with E-state index >= 15 is 0 Å². The molecule has 0 saturated carbocycles. The molecule has 1 aromatic rings. The third-order valence-corrected chi connectivity index (χ3v) is 3.89. The molecule has 1 atom stereocenters. The molecular weight excluding hydrogens is 254 g/mol. The number of nitrogen functional groups attached to an aromatic ring is 1. The molecule has 2 rings (SSSR count). The second-order valence-corrected chi connectivity index (χ2v) is 5.67. The molecule has 20 heavy (non-hydrogen) atoms. The lowest BCUT2D eigenvalue weighted by Gasteiger charge is -2.23. The lowest BCUT2D eigenvalue weighted by Crippen LogP contribution is -2.37. The molecular formula is C15H23N3O2. The van der Waals surface area contributed by atoms with Crippen LogP contribution in [0.3, 0.4) is 0 Å². The number of carbonyl (C=O) groups is 1. The van der Waals surface area contributed by atoms with Crippen molar-refractivity contribution < 1.29 is 9.53 Å². The zero-order chi connectivity index (χ0) is 14.8. The molecule has 5 nitrogen and oxygen atoms in total. The van der Waals surface area contributed by atoms with Crippen molar-refractivity contribution >= 4 is 17.3 Å². The van der Waals surface area contributed by atoms with Gasteiger partial charge in [0.05, 0.1) is 17.7 Å². The molecule has 1 aromatic carbocycles. The monoisotopic (exact) mass is 277 g/mol. The summed E-state index contributed by atoms with van der Waals surface area (Å²) in [5, 5.41) is 0. The average molecular weight is 277 g/mol. The first-order valence-electron chi connectivity index (χ1n) is 7.03. The standard InChI is InChI=1S/C15H23N3O2/c1-3-8-20-13-9-11(4-5-12(13)16)18-7-6-15(2,10-18)14(17)19/h4-5,9H,3,6-8,10,16H2,1-2H3,(H2,17,19). The summed E-state index contributed by atoms with van der Waals surface area (Å²) in [5.41, 5.74) is 12.6. The van der Waals surface area contributed by atoms with E-state index in [0.717, 1.165) is 25.1 Å². The minimum absolute atomic E-state index is 0.238. The van der Waals surface area contributed by atoms with Gasteiger partial charge in [0.15, 0.2) is 0 Å². The predicted octanol–water partition coefficient (Wildman–Crippen LogP) is 1.76. The van der Waals surface area contributed by atoms with E-state index < -0.39 is 5.41 Å². The Morgan fingerprint density at radius 2 is 2.25 bits per heavy atom. The second-order valence-electron chi connectivity index (χ2n) is 5.67. The maximum atomic E-state index is 11.5. The zero-order valence-electron chi connectivity index (χ0n) is 12.2. The van der Waals surface area contributed by atoms with Gasteiger partial charge >= 0.3 is 0 Å². The first-order chi connectivity index (χ1) is 9.46. The van der Waals surface area contributed by atoms with Crippen molar-refractivity contribution in [3.05, 3.63) is 18.2 Å². The topological polar surface area (TPSA) is 81.6 Å². The predicted molar refractivity (Wildman–Crippen MR) is 80.8 cm³/mol. The van der Waals surface area contributed by atoms with Gasteiger partial charge < -0.3 is 21.1 Å². The van der Waals surface area contributed by atoms with Crippen LogP contribution in [0.4, 0.5) is 11.4 Å². The molecule has 5 heteroatoms. The van der Waals surface area contributed by atoms with Crippen LogP contribution >= 0.6 is 0 Å². The van der Waals surface area contributed by atoms with E-state index in [1.165, 1.54) is 0 Å². The quantitative estimate of drug-likeness (QED) is 0.803. The Labute approximate surface area is 119 Å². The number of hydrogen-bond donors (Lipinski definition) is 2. The highest BCUT2D eigenvalue weighted by molar-refractivity contribution is 5.82. The van der Waals surface area contributed by atoms with Gasteiger partial charge in [0, 0.05) is 24.8 Å². The van der Waals surface area contributed by atoms with Gasteiger partial charge in [-0.1, -0.05) is 6.92 Å². The van der Waals surface area contributed by atoms with Crippen LogP contribution in [0.25, 0.3) is 0 Å². The first-order valence-corrected chi connectivity index (χ1v) is 7.03. The van der Waals surface area contributed by atoms with Crippen LogP contribution in [0.5, 0.6) is 5.75 Å². The number of hydrogen-bond acceptors (Lipinski definition) is 4. The molecule has 1 saturated heterocycles. The molecule has 0 aliphatic carbocycles. The molecule has 1 fully saturated rings. The highest BCUT2D eigenvalue weighted by Gasteiger charge is 2.39. The zero-order valence-corrected chi connectivity index (χ0v) is 12.2. The summed E-state index contributed by atoms with van der Waals surface area (Å²) in [5.74, 6) is 0.468. The van der Waals surface area contributed by atoms with Crippen molar-refractivity contribution in [2.24, 2.45) is 11.1 Å². The highest BCUT2D eigenvalue weighted by Crippen LogP contribution is 2.35. The van der Waals surface area contributed by atoms with Crippen molar-refractivity contribution in [1.82, 2.24) is 0 Å². The highest BCUT2D eigenvalue weighted by atomic mass is 16.5. The molecule has 0 bridgehead atoms. The summed E-state index contributed by atoms with van der Waals surface area (Å²) in [6, 6.07) is 5.75. The van der Waals surface area contributed by atoms with Gasteiger partial charge in [-0.05, 0) is 31.9 Å². The fourth-order valence-corrected chi connectivity index (χ4v) is 2.44. The van der Waals surface area contributed by atoms with Crippen molar-refractivity contribution in [1.29, 1.82) is 0 Å². The van der Waals surface area contributed by atoms with Gasteiger partial charge in [0.2, 0.25) is 5.91 Å². The van der Waals surface area contributed by atoms with Crippen LogP contribution in [-0.4, -0.2) is 25.6 Å². The maximum Gasteiger partial charge on any atom is 0.225 e. The van der Waals surface area contributed by atoms with E-state index in [4.69, 9.17) is 16.2 Å². The van der Waals surface area contributed by atoms with Crippen LogP contribution < -0.4 is 21.1 Å². The van der Waals surface area contributed by atoms with Crippen molar-refractivity contribution in [3.63, 3.8) is 0 Å². The molecule has 0 radical (unpaired) electrons. The molecule has 1 amide bonds. The summed E-state index contributed by atoms with van der Waals surface area (Å²) < 4.78 is 5.64. The van der Waals surface area contributed by atoms with E-state index in [1.807, 2.05) is 25.1 Å². The minimum Gasteiger partial charge on any atom is -0.491 e. The van der Waals surface area contributed by atoms with E-state index in [-0.39, 0.29) is 5.91 Å². The van der Waals surface area contributed by atoms with E-state index in [1.54, 1.807) is 0 Å². The molecule has 110 valence electrons. The van der Waals surface area contributed by atoms with Gasteiger partial charge in [0.25, 0.3) is 0 Å². The normalized spacial score (nSPS) is 22.0. The first kappa shape index (κ1) is 14.5. The molecule has 0 spiro atoms. The van der Waals surface area contributed by atoms with Crippen molar-refractivity contribution in [2.45, 2.75) is 26.7 Å². The Balaban J connectivity index is 2.16. The summed E-state index contributed by atoms with van der Waals surface area (Å²) in [4.78, 5) is 13.7. The number of primary amides is 1. The number of benzene rings is 1. The lowest BCUT2D eigenvalue weighted by molar-refractivity contribution is -0.125. The summed E-state index contributed by atoms with van der Waals surface area (Å²) >= 11 is 0. The molecule has 0 aromatic heterocycles. The summed E-state index contributed by atoms with van der Waals surface area (Å²) in [6.07, 6.45) is 1.71. The van der Waals surface area contributed by atoms with Crippen LogP contribution in [0, 0.1) is 5.41 Å². The Bertz CT molecular complexity index is 504. The number of carbonyl (C=O) groups excluding carboxylic acids is 1. The van der Waals surface area contributed by atoms with Gasteiger partial charge in [-0.15, -0.1) is 0 Å². The lowest BCUT2D eigenvalue weighted by atomic mass is 9.89. The number of anilines is 2. The van der Waals surface area contributed by atoms with Crippen LogP contribution in [0.2, 0.25) is 0 Å². The Kier molecular flexibility index (Phi) is 4.06. The summed E-state index contributed by atoms with van der Waals surface area (Å²) in [7, 11) is 0. The molecule has 1 heterocycles. The third kappa shape index (κ3) is 2.81.